The predicted octanol–water partition coefficient (Wildman–Crippen LogP) is -0.843. The summed E-state index contributed by atoms with van der Waals surface area (Å²) >= 11 is 0. The summed E-state index contributed by atoms with van der Waals surface area (Å²) in [5.41, 5.74) is 4.14. The predicted molar refractivity (Wildman–Crippen MR) is 28.7 cm³/mol. The van der Waals surface area contributed by atoms with Gasteiger partial charge in [-0.25, -0.2) is 0 Å². The van der Waals surface area contributed by atoms with Crippen LogP contribution in [0.2, 0.25) is 0 Å². The molecular weight excluding hydrogens is 306 g/mol. The van der Waals surface area contributed by atoms with Gasteiger partial charge in [-0.3, -0.25) is 4.79 Å². The molecule has 2 N–H and O–H groups in total. The molecule has 5 nitrogen and oxygen atoms in total. The Bertz CT molecular complexity index is 183. The molecule has 1 amide bonds. The number of rotatable bonds is 2. The molecule has 0 heterocycles. The van der Waals surface area contributed by atoms with Crippen LogP contribution in [0.25, 0.3) is 0 Å². The number of primary amides is 1. The third-order valence-electron chi connectivity index (χ3n) is 0.495. The van der Waals surface area contributed by atoms with Crippen LogP contribution in [-0.4, -0.2) is 11.6 Å². The van der Waals surface area contributed by atoms with Crippen molar-refractivity contribution in [2.24, 2.45) is 10.9 Å². The van der Waals surface area contributed by atoms with E-state index in [1.54, 1.807) is 0 Å². The molecule has 0 aliphatic carbocycles. The van der Waals surface area contributed by atoms with Crippen LogP contribution in [-0.2, 0) is 30.7 Å². The van der Waals surface area contributed by atoms with Gasteiger partial charge < -0.3 is 10.6 Å². The van der Waals surface area contributed by atoms with Crippen molar-refractivity contribution in [2.75, 3.05) is 0 Å². The van der Waals surface area contributed by atoms with E-state index in [1.165, 1.54) is 6.07 Å². The molecule has 0 bridgehead atoms. The maximum Gasteiger partial charge on any atom is 0.281 e. The number of nitriles is 1. The third-order valence-corrected chi connectivity index (χ3v) is 0.495. The van der Waals surface area contributed by atoms with Gasteiger partial charge in [0.1, 0.15) is 6.07 Å². The Balaban J connectivity index is 0. The summed E-state index contributed by atoms with van der Waals surface area (Å²) < 4.78 is 0. The number of nitrogens with two attached hydrogens (primary N) is 1. The van der Waals surface area contributed by atoms with Gasteiger partial charge in [-0.1, -0.05) is 0 Å². The van der Waals surface area contributed by atoms with Gasteiger partial charge in [0.05, 0.1) is 0 Å². The van der Waals surface area contributed by atoms with Gasteiger partial charge in [0.25, 0.3) is 5.91 Å². The number of hydrogen-bond donors (Lipinski definition) is 1. The molecule has 6 heteroatoms. The number of hydrogen-bond acceptors (Lipinski definition) is 4. The molecule has 0 atom stereocenters. The normalized spacial score (nSPS) is 9.00. The number of amides is 1. The maximum atomic E-state index is 10.1. The molecule has 0 spiro atoms. The Labute approximate surface area is 72.1 Å². The fourth-order valence-corrected chi connectivity index (χ4v) is 0.185. The van der Waals surface area contributed by atoms with Gasteiger partial charge >= 0.3 is 0 Å². The van der Waals surface area contributed by atoms with Gasteiger partial charge in [0, 0.05) is 21.1 Å². The van der Waals surface area contributed by atoms with Crippen molar-refractivity contribution >= 4 is 11.6 Å². The Kier molecular flexibility index (Phi) is 7.40. The van der Waals surface area contributed by atoms with Gasteiger partial charge in [0.2, 0.25) is 5.71 Å². The van der Waals surface area contributed by atoms with E-state index in [1.807, 2.05) is 0 Å². The zero-order valence-electron chi connectivity index (χ0n) is 4.90. The van der Waals surface area contributed by atoms with Crippen LogP contribution in [0.15, 0.2) is 5.16 Å². The molecule has 0 aliphatic heterocycles. The summed E-state index contributed by atoms with van der Waals surface area (Å²) in [6.45, 7) is 0. The maximum absolute atomic E-state index is 10.1. The summed E-state index contributed by atoms with van der Waals surface area (Å²) in [5, 5.41) is 11.0. The summed E-state index contributed by atoms with van der Waals surface area (Å²) in [5.74, 6) is -0.929. The average molecular weight is 310 g/mol. The molecule has 0 aliphatic rings. The molecule has 0 aromatic heterocycles. The molecule has 54 valence electrons. The van der Waals surface area contributed by atoms with Crippen molar-refractivity contribution < 1.29 is 30.7 Å². The standard InChI is InChI=1S/C4H4N3O2.W/c1-9-7-3(2-5)4(6)8;/h1H2,(H2,6,8);/q-1;. The third kappa shape index (κ3) is 4.04. The van der Waals surface area contributed by atoms with Crippen LogP contribution >= 0.6 is 0 Å². The minimum Gasteiger partial charge on any atom is -0.569 e. The van der Waals surface area contributed by atoms with Crippen molar-refractivity contribution in [3.8, 4) is 6.07 Å². The Morgan fingerprint density at radius 2 is 2.30 bits per heavy atom. The smallest absolute Gasteiger partial charge is 0.281 e. The number of oxime groups is 1. The summed E-state index contributed by atoms with van der Waals surface area (Å²) in [4.78, 5) is 14.0. The topological polar surface area (TPSA) is 88.5 Å². The quantitative estimate of drug-likeness (QED) is 0.410. The van der Waals surface area contributed by atoms with Crippen molar-refractivity contribution in [1.82, 2.24) is 0 Å². The zero-order chi connectivity index (χ0) is 7.28. The van der Waals surface area contributed by atoms with Crippen molar-refractivity contribution in [1.29, 1.82) is 5.26 Å². The van der Waals surface area contributed by atoms with Crippen molar-refractivity contribution in [2.45, 2.75) is 0 Å². The van der Waals surface area contributed by atoms with Crippen LogP contribution in [0.1, 0.15) is 0 Å². The van der Waals surface area contributed by atoms with Gasteiger partial charge in [-0.05, 0) is 0 Å². The van der Waals surface area contributed by atoms with Crippen LogP contribution in [0, 0.1) is 18.4 Å². The van der Waals surface area contributed by atoms with Crippen molar-refractivity contribution in [3.63, 3.8) is 0 Å². The van der Waals surface area contributed by atoms with E-state index >= 15 is 0 Å². The molecule has 0 saturated carbocycles. The van der Waals surface area contributed by atoms with Crippen LogP contribution in [0.4, 0.5) is 0 Å². The average Bonchev–Trinajstić information content (AvgIpc) is 1.82. The first-order valence-corrected chi connectivity index (χ1v) is 1.91. The molecule has 0 fully saturated rings. The van der Waals surface area contributed by atoms with E-state index in [0.717, 1.165) is 0 Å². The molecule has 0 radical (unpaired) electrons. The van der Waals surface area contributed by atoms with Crippen LogP contribution < -0.4 is 5.73 Å². The molecule has 0 rings (SSSR count). The van der Waals surface area contributed by atoms with Crippen molar-refractivity contribution in [3.05, 3.63) is 7.11 Å². The minimum absolute atomic E-state index is 0. The van der Waals surface area contributed by atoms with Gasteiger partial charge in [-0.2, -0.15) is 5.26 Å². The molecule has 10 heavy (non-hydrogen) atoms. The Morgan fingerprint density at radius 1 is 1.80 bits per heavy atom. The first-order chi connectivity index (χ1) is 4.22. The molecular formula is C4H4N3O2W-. The van der Waals surface area contributed by atoms with Crippen LogP contribution in [0.3, 0.4) is 0 Å². The van der Waals surface area contributed by atoms with E-state index in [4.69, 9.17) is 5.26 Å². The van der Waals surface area contributed by atoms with Crippen LogP contribution in [0.5, 0.6) is 0 Å². The number of carbonyl (C=O) groups excluding carboxylic acids is 1. The first-order valence-electron chi connectivity index (χ1n) is 1.91. The second-order valence-corrected chi connectivity index (χ2v) is 1.05. The number of nitrogens with zero attached hydrogens (tertiary/aromatic N) is 2. The van der Waals surface area contributed by atoms with E-state index in [-0.39, 0.29) is 21.1 Å². The Morgan fingerprint density at radius 3 is 2.40 bits per heavy atom. The second kappa shape index (κ2) is 6.24. The Hall–Kier alpha value is -0.882. The van der Waals surface area contributed by atoms with Gasteiger partial charge in [-0.15, -0.1) is 12.3 Å². The summed E-state index contributed by atoms with van der Waals surface area (Å²) in [6, 6.07) is 1.41. The van der Waals surface area contributed by atoms with Gasteiger partial charge in [0.15, 0.2) is 0 Å². The number of carbonyl (C=O) groups is 1. The molecule has 0 aromatic carbocycles. The van der Waals surface area contributed by atoms with E-state index in [2.05, 4.69) is 22.8 Å². The van der Waals surface area contributed by atoms with E-state index < -0.39 is 11.6 Å². The molecule has 0 aromatic rings. The minimum atomic E-state index is -0.929. The zero-order valence-corrected chi connectivity index (χ0v) is 7.84. The molecule has 0 unspecified atom stereocenters. The van der Waals surface area contributed by atoms with E-state index in [9.17, 15) is 4.79 Å². The first kappa shape index (κ1) is 11.9. The largest absolute Gasteiger partial charge is 0.569 e. The summed E-state index contributed by atoms with van der Waals surface area (Å²) in [7, 11) is 2.81. The monoisotopic (exact) mass is 310 g/mol. The summed E-state index contributed by atoms with van der Waals surface area (Å²) in [6.07, 6.45) is 0. The van der Waals surface area contributed by atoms with E-state index in [0.29, 0.717) is 0 Å². The SMILES string of the molecule is [CH2-]ON=C(C#N)C(N)=O.[W]. The fraction of sp³-hybridized carbons (Fsp3) is 0. The molecule has 0 saturated heterocycles. The second-order valence-electron chi connectivity index (χ2n) is 1.05. The fourth-order valence-electron chi connectivity index (χ4n) is 0.185.